The highest BCUT2D eigenvalue weighted by Crippen LogP contribution is 2.40. The summed E-state index contributed by atoms with van der Waals surface area (Å²) in [6.07, 6.45) is 9.10. The Hall–Kier alpha value is -1.40. The number of hydrogen-bond acceptors (Lipinski definition) is 6. The molecule has 6 nitrogen and oxygen atoms in total. The summed E-state index contributed by atoms with van der Waals surface area (Å²) < 4.78 is 0. The summed E-state index contributed by atoms with van der Waals surface area (Å²) in [4.78, 5) is 14.5. The van der Waals surface area contributed by atoms with E-state index in [1.54, 1.807) is 0 Å². The van der Waals surface area contributed by atoms with Crippen molar-refractivity contribution >= 4 is 11.8 Å². The molecule has 3 fully saturated rings. The van der Waals surface area contributed by atoms with Crippen LogP contribution >= 0.6 is 0 Å². The van der Waals surface area contributed by atoms with Crippen LogP contribution in [0.2, 0.25) is 0 Å². The fourth-order valence-corrected chi connectivity index (χ4v) is 4.05. The zero-order valence-corrected chi connectivity index (χ0v) is 16.2. The van der Waals surface area contributed by atoms with Crippen molar-refractivity contribution in [2.75, 3.05) is 56.9 Å². The standard InChI is InChI=1S/C20H34N6/c1-25-11-13-26(14-12-25)10-9-21-19-15-18(16-7-8-16)23-20(24-19)22-17-5-3-2-4-6-17/h15-17H,2-14H2,1H3,(H2,21,22,23,24). The van der Waals surface area contributed by atoms with Gasteiger partial charge in [-0.1, -0.05) is 19.3 Å². The summed E-state index contributed by atoms with van der Waals surface area (Å²) in [5, 5.41) is 7.17. The summed E-state index contributed by atoms with van der Waals surface area (Å²) in [5.74, 6) is 2.49. The van der Waals surface area contributed by atoms with E-state index in [1.807, 2.05) is 0 Å². The van der Waals surface area contributed by atoms with Gasteiger partial charge in [-0.15, -0.1) is 0 Å². The average molecular weight is 359 g/mol. The van der Waals surface area contributed by atoms with E-state index in [4.69, 9.17) is 9.97 Å². The molecule has 1 aliphatic heterocycles. The van der Waals surface area contributed by atoms with Gasteiger partial charge in [-0.05, 0) is 32.7 Å². The fourth-order valence-electron chi connectivity index (χ4n) is 4.05. The van der Waals surface area contributed by atoms with Crippen LogP contribution in [0.15, 0.2) is 6.07 Å². The molecule has 6 heteroatoms. The normalized spacial score (nSPS) is 23.1. The van der Waals surface area contributed by atoms with E-state index in [2.05, 4.69) is 33.5 Å². The van der Waals surface area contributed by atoms with E-state index in [9.17, 15) is 0 Å². The van der Waals surface area contributed by atoms with Crippen molar-refractivity contribution in [2.24, 2.45) is 0 Å². The van der Waals surface area contributed by atoms with Crippen LogP contribution in [0.4, 0.5) is 11.8 Å². The molecule has 1 saturated heterocycles. The average Bonchev–Trinajstić information content (AvgIpc) is 3.49. The Balaban J connectivity index is 1.33. The monoisotopic (exact) mass is 358 g/mol. The minimum absolute atomic E-state index is 0.552. The third-order valence-corrected chi connectivity index (χ3v) is 6.01. The number of rotatable bonds is 7. The summed E-state index contributed by atoms with van der Waals surface area (Å²) in [7, 11) is 2.21. The second-order valence-corrected chi connectivity index (χ2v) is 8.33. The van der Waals surface area contributed by atoms with Gasteiger partial charge in [-0.2, -0.15) is 4.98 Å². The number of likely N-dealkylation sites (N-methyl/N-ethyl adjacent to an activating group) is 1. The number of piperazine rings is 1. The zero-order chi connectivity index (χ0) is 17.8. The first kappa shape index (κ1) is 18.0. The van der Waals surface area contributed by atoms with E-state index in [0.717, 1.165) is 24.9 Å². The van der Waals surface area contributed by atoms with Crippen molar-refractivity contribution in [3.63, 3.8) is 0 Å². The predicted molar refractivity (Wildman–Crippen MR) is 107 cm³/mol. The number of nitrogens with one attached hydrogen (secondary N) is 2. The van der Waals surface area contributed by atoms with Crippen molar-refractivity contribution in [2.45, 2.75) is 56.9 Å². The summed E-state index contributed by atoms with van der Waals surface area (Å²) >= 11 is 0. The Labute approximate surface area is 157 Å². The SMILES string of the molecule is CN1CCN(CCNc2cc(C3CC3)nc(NC3CCCCC3)n2)CC1. The van der Waals surface area contributed by atoms with Gasteiger partial charge in [0, 0.05) is 57.3 Å². The molecule has 0 amide bonds. The Morgan fingerprint density at radius 1 is 1.00 bits per heavy atom. The van der Waals surface area contributed by atoms with Gasteiger partial charge in [0.1, 0.15) is 5.82 Å². The minimum Gasteiger partial charge on any atom is -0.369 e. The Kier molecular flexibility index (Phi) is 5.90. The highest BCUT2D eigenvalue weighted by atomic mass is 15.3. The van der Waals surface area contributed by atoms with Gasteiger partial charge in [-0.3, -0.25) is 4.90 Å². The van der Waals surface area contributed by atoms with Crippen LogP contribution < -0.4 is 10.6 Å². The van der Waals surface area contributed by atoms with Crippen LogP contribution in [0.25, 0.3) is 0 Å². The van der Waals surface area contributed by atoms with Crippen LogP contribution in [0, 0.1) is 0 Å². The molecule has 1 aromatic rings. The largest absolute Gasteiger partial charge is 0.369 e. The van der Waals surface area contributed by atoms with Crippen LogP contribution in [-0.4, -0.2) is 72.1 Å². The molecule has 2 N–H and O–H groups in total. The lowest BCUT2D eigenvalue weighted by atomic mass is 9.96. The van der Waals surface area contributed by atoms with Gasteiger partial charge in [-0.25, -0.2) is 4.98 Å². The van der Waals surface area contributed by atoms with E-state index >= 15 is 0 Å². The fraction of sp³-hybridized carbons (Fsp3) is 0.800. The van der Waals surface area contributed by atoms with Crippen LogP contribution in [-0.2, 0) is 0 Å². The Morgan fingerprint density at radius 2 is 1.77 bits per heavy atom. The molecule has 0 bridgehead atoms. The second-order valence-electron chi connectivity index (χ2n) is 8.33. The van der Waals surface area contributed by atoms with E-state index in [1.165, 1.54) is 76.8 Å². The maximum absolute atomic E-state index is 4.82. The molecule has 2 heterocycles. The van der Waals surface area contributed by atoms with Crippen LogP contribution in [0.5, 0.6) is 0 Å². The van der Waals surface area contributed by atoms with Gasteiger partial charge < -0.3 is 15.5 Å². The molecule has 3 aliphatic rings. The lowest BCUT2D eigenvalue weighted by Crippen LogP contribution is -2.45. The molecule has 0 spiro atoms. The van der Waals surface area contributed by atoms with Crippen molar-refractivity contribution in [3.8, 4) is 0 Å². The van der Waals surface area contributed by atoms with E-state index in [-0.39, 0.29) is 0 Å². The summed E-state index contributed by atoms with van der Waals surface area (Å²) in [6, 6.07) is 2.73. The molecule has 0 atom stereocenters. The molecule has 1 aromatic heterocycles. The topological polar surface area (TPSA) is 56.3 Å². The molecule has 0 unspecified atom stereocenters. The van der Waals surface area contributed by atoms with Crippen LogP contribution in [0.1, 0.15) is 56.6 Å². The zero-order valence-electron chi connectivity index (χ0n) is 16.2. The van der Waals surface area contributed by atoms with Crippen molar-refractivity contribution in [1.29, 1.82) is 0 Å². The molecule has 0 aromatic carbocycles. The number of nitrogens with zero attached hydrogens (tertiary/aromatic N) is 4. The summed E-state index contributed by atoms with van der Waals surface area (Å²) in [6.45, 7) is 6.73. The van der Waals surface area contributed by atoms with Crippen LogP contribution in [0.3, 0.4) is 0 Å². The van der Waals surface area contributed by atoms with Gasteiger partial charge in [0.2, 0.25) is 5.95 Å². The lowest BCUT2D eigenvalue weighted by molar-refractivity contribution is 0.158. The van der Waals surface area contributed by atoms with E-state index in [0.29, 0.717) is 12.0 Å². The van der Waals surface area contributed by atoms with Crippen molar-refractivity contribution < 1.29 is 0 Å². The number of aromatic nitrogens is 2. The van der Waals surface area contributed by atoms with Gasteiger partial charge in [0.15, 0.2) is 0 Å². The van der Waals surface area contributed by atoms with Crippen molar-refractivity contribution in [1.82, 2.24) is 19.8 Å². The van der Waals surface area contributed by atoms with Gasteiger partial charge in [0.05, 0.1) is 5.69 Å². The Morgan fingerprint density at radius 3 is 2.50 bits per heavy atom. The third-order valence-electron chi connectivity index (χ3n) is 6.01. The second kappa shape index (κ2) is 8.53. The molecule has 4 rings (SSSR count). The highest BCUT2D eigenvalue weighted by molar-refractivity contribution is 5.44. The molecule has 144 valence electrons. The smallest absolute Gasteiger partial charge is 0.225 e. The molecule has 2 saturated carbocycles. The number of hydrogen-bond donors (Lipinski definition) is 2. The Bertz CT molecular complexity index is 574. The lowest BCUT2D eigenvalue weighted by Gasteiger charge is -2.32. The predicted octanol–water partition coefficient (Wildman–Crippen LogP) is 2.76. The van der Waals surface area contributed by atoms with Gasteiger partial charge >= 0.3 is 0 Å². The highest BCUT2D eigenvalue weighted by Gasteiger charge is 2.26. The summed E-state index contributed by atoms with van der Waals surface area (Å²) in [5.41, 5.74) is 1.22. The first-order valence-electron chi connectivity index (χ1n) is 10.6. The van der Waals surface area contributed by atoms with Crippen molar-refractivity contribution in [3.05, 3.63) is 11.8 Å². The first-order valence-corrected chi connectivity index (χ1v) is 10.6. The number of anilines is 2. The molecular weight excluding hydrogens is 324 g/mol. The van der Waals surface area contributed by atoms with E-state index < -0.39 is 0 Å². The minimum atomic E-state index is 0.552. The molecule has 26 heavy (non-hydrogen) atoms. The maximum Gasteiger partial charge on any atom is 0.225 e. The van der Waals surface area contributed by atoms with Gasteiger partial charge in [0.25, 0.3) is 0 Å². The first-order chi connectivity index (χ1) is 12.8. The molecule has 0 radical (unpaired) electrons. The molecular formula is C20H34N6. The molecule has 2 aliphatic carbocycles. The quantitative estimate of drug-likeness (QED) is 0.782. The third kappa shape index (κ3) is 5.07. The maximum atomic E-state index is 4.82.